The molecule has 0 unspecified atom stereocenters. The molecule has 23 heavy (non-hydrogen) atoms. The summed E-state index contributed by atoms with van der Waals surface area (Å²) in [6.45, 7) is 0.263. The van der Waals surface area contributed by atoms with E-state index in [9.17, 15) is 4.79 Å². The number of para-hydroxylation sites is 1. The lowest BCUT2D eigenvalue weighted by Crippen LogP contribution is -2.27. The predicted octanol–water partition coefficient (Wildman–Crippen LogP) is 4.07. The number of thioether (sulfide) groups is 1. The highest BCUT2D eigenvalue weighted by atomic mass is 79.9. The van der Waals surface area contributed by atoms with Crippen LogP contribution in [0.2, 0.25) is 0 Å². The minimum atomic E-state index is 0.0815. The summed E-state index contributed by atoms with van der Waals surface area (Å²) in [7, 11) is 1.80. The maximum Gasteiger partial charge on any atom is 0.236 e. The molecule has 0 bridgehead atoms. The lowest BCUT2D eigenvalue weighted by molar-refractivity contribution is -0.115. The third-order valence-electron chi connectivity index (χ3n) is 3.54. The van der Waals surface area contributed by atoms with E-state index in [2.05, 4.69) is 15.9 Å². The van der Waals surface area contributed by atoms with Gasteiger partial charge in [0.15, 0.2) is 11.5 Å². The molecule has 1 amide bonds. The molecule has 4 nitrogen and oxygen atoms in total. The zero-order valence-electron chi connectivity index (χ0n) is 12.6. The molecule has 1 aliphatic rings. The highest BCUT2D eigenvalue weighted by Gasteiger charge is 2.17. The van der Waals surface area contributed by atoms with E-state index in [0.29, 0.717) is 5.75 Å². The van der Waals surface area contributed by atoms with E-state index in [1.165, 1.54) is 0 Å². The van der Waals surface area contributed by atoms with Crippen molar-refractivity contribution in [1.29, 1.82) is 0 Å². The summed E-state index contributed by atoms with van der Waals surface area (Å²) in [5, 5.41) is 0. The smallest absolute Gasteiger partial charge is 0.236 e. The van der Waals surface area contributed by atoms with Crippen LogP contribution in [0.4, 0.5) is 5.69 Å². The molecule has 0 saturated carbocycles. The van der Waals surface area contributed by atoms with Gasteiger partial charge in [0.2, 0.25) is 12.7 Å². The summed E-state index contributed by atoms with van der Waals surface area (Å²) in [5.41, 5.74) is 2.00. The van der Waals surface area contributed by atoms with Crippen LogP contribution in [0, 0.1) is 0 Å². The van der Waals surface area contributed by atoms with Gasteiger partial charge in [0, 0.05) is 23.0 Å². The van der Waals surface area contributed by atoms with E-state index in [1.807, 2.05) is 42.5 Å². The Morgan fingerprint density at radius 2 is 1.91 bits per heavy atom. The van der Waals surface area contributed by atoms with Crippen molar-refractivity contribution in [3.63, 3.8) is 0 Å². The zero-order valence-corrected chi connectivity index (χ0v) is 15.0. The number of halogens is 1. The van der Waals surface area contributed by atoms with Crippen molar-refractivity contribution in [3.05, 3.63) is 52.5 Å². The Labute approximate surface area is 147 Å². The first kappa shape index (κ1) is 16.2. The molecule has 1 heterocycles. The number of ether oxygens (including phenoxy) is 2. The van der Waals surface area contributed by atoms with Gasteiger partial charge in [-0.05, 0) is 29.8 Å². The topological polar surface area (TPSA) is 38.8 Å². The van der Waals surface area contributed by atoms with Crippen molar-refractivity contribution in [2.24, 2.45) is 0 Å². The Hall–Kier alpha value is -1.66. The van der Waals surface area contributed by atoms with Crippen LogP contribution >= 0.6 is 27.7 Å². The Morgan fingerprint density at radius 1 is 1.22 bits per heavy atom. The highest BCUT2D eigenvalue weighted by Crippen LogP contribution is 2.38. The quantitative estimate of drug-likeness (QED) is 0.767. The van der Waals surface area contributed by atoms with Gasteiger partial charge in [-0.25, -0.2) is 0 Å². The van der Waals surface area contributed by atoms with Crippen molar-refractivity contribution >= 4 is 39.3 Å². The monoisotopic (exact) mass is 393 g/mol. The maximum atomic E-state index is 12.3. The molecule has 0 aliphatic carbocycles. The number of anilines is 1. The summed E-state index contributed by atoms with van der Waals surface area (Å²) in [6.07, 6.45) is 0. The van der Waals surface area contributed by atoms with Gasteiger partial charge in [-0.1, -0.05) is 34.1 Å². The number of amides is 1. The van der Waals surface area contributed by atoms with E-state index in [-0.39, 0.29) is 12.7 Å². The summed E-state index contributed by atoms with van der Waals surface area (Å²) in [5.74, 6) is 2.75. The number of rotatable bonds is 5. The van der Waals surface area contributed by atoms with Crippen molar-refractivity contribution in [3.8, 4) is 11.5 Å². The van der Waals surface area contributed by atoms with Gasteiger partial charge in [0.25, 0.3) is 0 Å². The predicted molar refractivity (Wildman–Crippen MR) is 96.3 cm³/mol. The van der Waals surface area contributed by atoms with E-state index in [1.54, 1.807) is 23.7 Å². The Morgan fingerprint density at radius 3 is 2.65 bits per heavy atom. The summed E-state index contributed by atoms with van der Waals surface area (Å²) >= 11 is 5.12. The lowest BCUT2D eigenvalue weighted by Gasteiger charge is -2.17. The van der Waals surface area contributed by atoms with Crippen LogP contribution in [-0.2, 0) is 10.5 Å². The molecule has 120 valence electrons. The molecule has 0 aromatic heterocycles. The fourth-order valence-corrected chi connectivity index (χ4v) is 3.79. The van der Waals surface area contributed by atoms with Crippen LogP contribution in [0.1, 0.15) is 5.56 Å². The average Bonchev–Trinajstić information content (AvgIpc) is 3.02. The van der Waals surface area contributed by atoms with Crippen LogP contribution in [0.3, 0.4) is 0 Å². The van der Waals surface area contributed by atoms with Crippen molar-refractivity contribution in [1.82, 2.24) is 0 Å². The normalized spacial score (nSPS) is 12.3. The fraction of sp³-hybridized carbons (Fsp3) is 0.235. The first-order chi connectivity index (χ1) is 11.1. The molecule has 0 N–H and O–H groups in total. The minimum Gasteiger partial charge on any atom is -0.454 e. The number of benzene rings is 2. The van der Waals surface area contributed by atoms with E-state index in [4.69, 9.17) is 9.47 Å². The number of nitrogens with zero attached hydrogens (tertiary/aromatic N) is 1. The van der Waals surface area contributed by atoms with Crippen LogP contribution < -0.4 is 14.4 Å². The number of hydrogen-bond acceptors (Lipinski definition) is 4. The third kappa shape index (κ3) is 3.82. The minimum absolute atomic E-state index is 0.0815. The number of carbonyl (C=O) groups excluding carboxylic acids is 1. The zero-order chi connectivity index (χ0) is 16.2. The summed E-state index contributed by atoms with van der Waals surface area (Å²) in [6, 6.07) is 13.5. The second kappa shape index (κ2) is 7.27. The SMILES string of the molecule is CN(C(=O)CSCc1cc2c(cc1Br)OCO2)c1ccccc1. The fourth-order valence-electron chi connectivity index (χ4n) is 2.21. The van der Waals surface area contributed by atoms with E-state index < -0.39 is 0 Å². The maximum absolute atomic E-state index is 12.3. The molecule has 2 aromatic carbocycles. The molecular weight excluding hydrogens is 378 g/mol. The molecule has 3 rings (SSSR count). The Kier molecular flexibility index (Phi) is 5.13. The summed E-state index contributed by atoms with van der Waals surface area (Å²) < 4.78 is 11.7. The van der Waals surface area contributed by atoms with Crippen LogP contribution in [0.25, 0.3) is 0 Å². The highest BCUT2D eigenvalue weighted by molar-refractivity contribution is 9.10. The first-order valence-electron chi connectivity index (χ1n) is 7.12. The molecule has 0 spiro atoms. The lowest BCUT2D eigenvalue weighted by atomic mass is 10.2. The second-order valence-electron chi connectivity index (χ2n) is 5.08. The molecule has 0 atom stereocenters. The largest absolute Gasteiger partial charge is 0.454 e. The van der Waals surface area contributed by atoms with Gasteiger partial charge in [-0.3, -0.25) is 4.79 Å². The van der Waals surface area contributed by atoms with Gasteiger partial charge >= 0.3 is 0 Å². The number of fused-ring (bicyclic) bond motifs is 1. The number of carbonyl (C=O) groups is 1. The van der Waals surface area contributed by atoms with E-state index in [0.717, 1.165) is 33.0 Å². The molecule has 0 radical (unpaired) electrons. The van der Waals surface area contributed by atoms with Crippen LogP contribution in [-0.4, -0.2) is 25.5 Å². The first-order valence-corrected chi connectivity index (χ1v) is 9.07. The van der Waals surface area contributed by atoms with Gasteiger partial charge < -0.3 is 14.4 Å². The Balaban J connectivity index is 1.56. The van der Waals surface area contributed by atoms with Crippen molar-refractivity contribution < 1.29 is 14.3 Å². The van der Waals surface area contributed by atoms with E-state index >= 15 is 0 Å². The second-order valence-corrected chi connectivity index (χ2v) is 6.92. The van der Waals surface area contributed by atoms with Crippen LogP contribution in [0.5, 0.6) is 11.5 Å². The molecule has 2 aromatic rings. The standard InChI is InChI=1S/C17H16BrNO3S/c1-19(13-5-3-2-4-6-13)17(20)10-23-9-12-7-15-16(8-14(12)18)22-11-21-15/h2-8H,9-11H2,1H3. The molecular formula is C17H16BrNO3S. The molecule has 0 saturated heterocycles. The van der Waals surface area contributed by atoms with Gasteiger partial charge in [-0.15, -0.1) is 11.8 Å². The van der Waals surface area contributed by atoms with Gasteiger partial charge in [0.1, 0.15) is 0 Å². The average molecular weight is 394 g/mol. The molecule has 0 fully saturated rings. The van der Waals surface area contributed by atoms with Gasteiger partial charge in [0.05, 0.1) is 5.75 Å². The number of hydrogen-bond donors (Lipinski definition) is 0. The van der Waals surface area contributed by atoms with Crippen molar-refractivity contribution in [2.75, 3.05) is 24.5 Å². The summed E-state index contributed by atoms with van der Waals surface area (Å²) in [4.78, 5) is 13.9. The van der Waals surface area contributed by atoms with Crippen LogP contribution in [0.15, 0.2) is 46.9 Å². The Bertz CT molecular complexity index is 708. The van der Waals surface area contributed by atoms with Gasteiger partial charge in [-0.2, -0.15) is 0 Å². The third-order valence-corrected chi connectivity index (χ3v) is 5.25. The molecule has 6 heteroatoms. The molecule has 1 aliphatic heterocycles. The van der Waals surface area contributed by atoms with Crippen molar-refractivity contribution in [2.45, 2.75) is 5.75 Å².